The summed E-state index contributed by atoms with van der Waals surface area (Å²) in [7, 11) is 1.64. The smallest absolute Gasteiger partial charge is 0.249 e. The molecule has 0 spiro atoms. The number of rotatable bonds is 4. The van der Waals surface area contributed by atoms with Crippen LogP contribution in [0.2, 0.25) is 0 Å². The fourth-order valence-corrected chi connectivity index (χ4v) is 3.35. The van der Waals surface area contributed by atoms with Crippen molar-refractivity contribution in [3.63, 3.8) is 0 Å². The van der Waals surface area contributed by atoms with Gasteiger partial charge in [0.05, 0.1) is 16.9 Å². The lowest BCUT2D eigenvalue weighted by atomic mass is 10.2. The number of thiophene rings is 1. The van der Waals surface area contributed by atoms with Crippen LogP contribution in [0.4, 0.5) is 0 Å². The summed E-state index contributed by atoms with van der Waals surface area (Å²) < 4.78 is 6.19. The minimum absolute atomic E-state index is 0.406. The van der Waals surface area contributed by atoms with E-state index in [1.807, 2.05) is 24.3 Å². The Bertz CT molecular complexity index is 537. The van der Waals surface area contributed by atoms with E-state index in [9.17, 15) is 4.79 Å². The molecule has 0 bridgehead atoms. The van der Waals surface area contributed by atoms with Gasteiger partial charge in [0.2, 0.25) is 5.91 Å². The summed E-state index contributed by atoms with van der Waals surface area (Å²) in [6.45, 7) is 0. The van der Waals surface area contributed by atoms with Gasteiger partial charge in [-0.05, 0) is 24.3 Å². The van der Waals surface area contributed by atoms with Gasteiger partial charge in [0.25, 0.3) is 0 Å². The van der Waals surface area contributed by atoms with Crippen LogP contribution >= 0.6 is 23.1 Å². The third-order valence-electron chi connectivity index (χ3n) is 2.12. The average Bonchev–Trinajstić information content (AvgIpc) is 2.77. The van der Waals surface area contributed by atoms with Gasteiger partial charge in [-0.2, -0.15) is 0 Å². The van der Waals surface area contributed by atoms with Crippen LogP contribution in [0.3, 0.4) is 0 Å². The number of hydrogen-bond donors (Lipinski definition) is 1. The maximum absolute atomic E-state index is 11.3. The van der Waals surface area contributed by atoms with Gasteiger partial charge in [-0.15, -0.1) is 0 Å². The van der Waals surface area contributed by atoms with Gasteiger partial charge >= 0.3 is 0 Å². The minimum Gasteiger partial charge on any atom is -0.487 e. The third kappa shape index (κ3) is 2.81. The normalized spacial score (nSPS) is 10.2. The quantitative estimate of drug-likeness (QED) is 0.924. The van der Waals surface area contributed by atoms with Crippen LogP contribution < -0.4 is 10.5 Å². The number of methoxy groups -OCH3 is 1. The van der Waals surface area contributed by atoms with E-state index in [1.54, 1.807) is 19.2 Å². The predicted molar refractivity (Wildman–Crippen MR) is 70.0 cm³/mol. The highest BCUT2D eigenvalue weighted by Crippen LogP contribution is 2.37. The second kappa shape index (κ2) is 5.25. The fourth-order valence-electron chi connectivity index (χ4n) is 1.34. The van der Waals surface area contributed by atoms with E-state index >= 15 is 0 Å². The van der Waals surface area contributed by atoms with Gasteiger partial charge in [0, 0.05) is 4.90 Å². The van der Waals surface area contributed by atoms with E-state index in [0.29, 0.717) is 5.56 Å². The molecular weight excluding hydrogens is 254 g/mol. The molecule has 1 amide bonds. The van der Waals surface area contributed by atoms with Crippen LogP contribution in [0.5, 0.6) is 5.06 Å². The minimum atomic E-state index is -0.406. The van der Waals surface area contributed by atoms with Gasteiger partial charge in [-0.1, -0.05) is 35.2 Å². The summed E-state index contributed by atoms with van der Waals surface area (Å²) in [5.74, 6) is -0.406. The molecule has 0 unspecified atom stereocenters. The lowest BCUT2D eigenvalue weighted by Crippen LogP contribution is -2.11. The first-order valence-corrected chi connectivity index (χ1v) is 6.54. The second-order valence-electron chi connectivity index (χ2n) is 3.24. The predicted octanol–water partition coefficient (Wildman–Crippen LogP) is 3.01. The molecule has 0 fully saturated rings. The van der Waals surface area contributed by atoms with E-state index in [2.05, 4.69) is 0 Å². The van der Waals surface area contributed by atoms with Crippen LogP contribution in [-0.4, -0.2) is 13.0 Å². The molecule has 0 aliphatic carbocycles. The topological polar surface area (TPSA) is 52.3 Å². The maximum atomic E-state index is 11.3. The van der Waals surface area contributed by atoms with Crippen molar-refractivity contribution >= 4 is 29.0 Å². The van der Waals surface area contributed by atoms with Gasteiger partial charge in [0.15, 0.2) is 5.06 Å². The van der Waals surface area contributed by atoms with Crippen LogP contribution in [0.15, 0.2) is 45.5 Å². The molecule has 1 aromatic heterocycles. The van der Waals surface area contributed by atoms with Crippen LogP contribution in [0, 0.1) is 0 Å². The molecule has 17 heavy (non-hydrogen) atoms. The molecule has 0 saturated heterocycles. The summed E-state index contributed by atoms with van der Waals surface area (Å²) in [5, 5.41) is 0.851. The SMILES string of the molecule is COc1ccc(Sc2ccccc2C(N)=O)s1. The Morgan fingerprint density at radius 2 is 2.06 bits per heavy atom. The highest BCUT2D eigenvalue weighted by Gasteiger charge is 2.09. The molecule has 1 aromatic carbocycles. The van der Waals surface area contributed by atoms with Crippen LogP contribution in [-0.2, 0) is 0 Å². The molecule has 2 rings (SSSR count). The number of carbonyl (C=O) groups is 1. The van der Waals surface area contributed by atoms with Crippen molar-refractivity contribution in [1.29, 1.82) is 0 Å². The molecule has 0 aliphatic rings. The molecule has 5 heteroatoms. The molecule has 0 atom stereocenters. The van der Waals surface area contributed by atoms with E-state index in [1.165, 1.54) is 23.1 Å². The van der Waals surface area contributed by atoms with Crippen molar-refractivity contribution in [2.75, 3.05) is 7.11 Å². The van der Waals surface area contributed by atoms with Crippen molar-refractivity contribution in [3.8, 4) is 5.06 Å². The number of ether oxygens (including phenoxy) is 1. The maximum Gasteiger partial charge on any atom is 0.249 e. The molecule has 0 aliphatic heterocycles. The molecule has 88 valence electrons. The number of nitrogens with two attached hydrogens (primary N) is 1. The molecule has 3 nitrogen and oxygen atoms in total. The summed E-state index contributed by atoms with van der Waals surface area (Å²) >= 11 is 3.05. The van der Waals surface area contributed by atoms with E-state index < -0.39 is 5.91 Å². The van der Waals surface area contributed by atoms with Crippen molar-refractivity contribution in [2.45, 2.75) is 9.10 Å². The first-order chi connectivity index (χ1) is 8.20. The monoisotopic (exact) mass is 265 g/mol. The van der Waals surface area contributed by atoms with Crippen molar-refractivity contribution in [3.05, 3.63) is 42.0 Å². The summed E-state index contributed by atoms with van der Waals surface area (Å²) in [4.78, 5) is 12.1. The number of benzene rings is 1. The van der Waals surface area contributed by atoms with Gasteiger partial charge in [-0.3, -0.25) is 4.79 Å². The van der Waals surface area contributed by atoms with E-state index in [0.717, 1.165) is 14.2 Å². The first kappa shape index (κ1) is 12.0. The highest BCUT2D eigenvalue weighted by atomic mass is 32.2. The molecular formula is C12H11NO2S2. The zero-order valence-corrected chi connectivity index (χ0v) is 10.8. The Kier molecular flexibility index (Phi) is 3.71. The van der Waals surface area contributed by atoms with Crippen LogP contribution in [0.25, 0.3) is 0 Å². The third-order valence-corrected chi connectivity index (χ3v) is 4.38. The van der Waals surface area contributed by atoms with Gasteiger partial charge in [0.1, 0.15) is 0 Å². The lowest BCUT2D eigenvalue weighted by molar-refractivity contribution is 0.0997. The number of hydrogen-bond acceptors (Lipinski definition) is 4. The van der Waals surface area contributed by atoms with E-state index in [-0.39, 0.29) is 0 Å². The van der Waals surface area contributed by atoms with Crippen molar-refractivity contribution in [1.82, 2.24) is 0 Å². The number of amides is 1. The average molecular weight is 265 g/mol. The number of carbonyl (C=O) groups excluding carboxylic acids is 1. The fraction of sp³-hybridized carbons (Fsp3) is 0.0833. The molecule has 2 aromatic rings. The Balaban J connectivity index is 2.26. The van der Waals surface area contributed by atoms with Crippen LogP contribution in [0.1, 0.15) is 10.4 Å². The molecule has 2 N–H and O–H groups in total. The second-order valence-corrected chi connectivity index (χ2v) is 5.63. The molecule has 1 heterocycles. The van der Waals surface area contributed by atoms with Crippen molar-refractivity contribution in [2.24, 2.45) is 5.73 Å². The first-order valence-electron chi connectivity index (χ1n) is 4.91. The van der Waals surface area contributed by atoms with E-state index in [4.69, 9.17) is 10.5 Å². The van der Waals surface area contributed by atoms with Gasteiger partial charge < -0.3 is 10.5 Å². The Labute approximate surface area is 108 Å². The Hall–Kier alpha value is -1.46. The molecule has 0 radical (unpaired) electrons. The Morgan fingerprint density at radius 3 is 2.71 bits per heavy atom. The summed E-state index contributed by atoms with van der Waals surface area (Å²) in [6, 6.07) is 11.2. The Morgan fingerprint density at radius 1 is 1.29 bits per heavy atom. The zero-order chi connectivity index (χ0) is 12.3. The molecule has 0 saturated carbocycles. The highest BCUT2D eigenvalue weighted by molar-refractivity contribution is 8.01. The lowest BCUT2D eigenvalue weighted by Gasteiger charge is -2.03. The summed E-state index contributed by atoms with van der Waals surface area (Å²) in [5.41, 5.74) is 5.87. The summed E-state index contributed by atoms with van der Waals surface area (Å²) in [6.07, 6.45) is 0. The van der Waals surface area contributed by atoms with Crippen molar-refractivity contribution < 1.29 is 9.53 Å². The standard InChI is InChI=1S/C12H11NO2S2/c1-15-10-6-7-11(17-10)16-9-5-3-2-4-8(9)12(13)14/h2-7H,1H3,(H2,13,14). The van der Waals surface area contributed by atoms with Gasteiger partial charge in [-0.25, -0.2) is 0 Å². The number of primary amides is 1. The largest absolute Gasteiger partial charge is 0.487 e. The zero-order valence-electron chi connectivity index (χ0n) is 9.17.